The number of carboxylic acid groups (broad SMARTS) is 1. The van der Waals surface area contributed by atoms with Gasteiger partial charge in [-0.25, -0.2) is 0 Å². The number of terminal acetylenes is 1. The van der Waals surface area contributed by atoms with Crippen LogP contribution in [0.15, 0.2) is 47.1 Å². The van der Waals surface area contributed by atoms with Gasteiger partial charge in [-0.1, -0.05) is 17.7 Å². The van der Waals surface area contributed by atoms with Crippen molar-refractivity contribution in [1.29, 1.82) is 0 Å². The third-order valence-corrected chi connectivity index (χ3v) is 8.83. The van der Waals surface area contributed by atoms with Gasteiger partial charge in [0.25, 0.3) is 0 Å². The molecule has 0 heterocycles. The van der Waals surface area contributed by atoms with Crippen LogP contribution in [0.25, 0.3) is 0 Å². The number of aliphatic hydroxyl groups is 1. The number of fused-ring (bicyclic) bond motifs is 4. The number of benzene rings is 1. The predicted octanol–water partition coefficient (Wildman–Crippen LogP) is 0.141. The van der Waals surface area contributed by atoms with Gasteiger partial charge in [-0.3, -0.25) is 4.79 Å². The quantitative estimate of drug-likeness (QED) is 0.478. The van der Waals surface area contributed by atoms with Gasteiger partial charge in [-0.05, 0) is 91.2 Å². The summed E-state index contributed by atoms with van der Waals surface area (Å²) in [6.07, 6.45) is 13.9. The van der Waals surface area contributed by atoms with E-state index in [1.165, 1.54) is 22.3 Å². The van der Waals surface area contributed by atoms with E-state index < -0.39 is 11.6 Å². The van der Waals surface area contributed by atoms with E-state index in [1.54, 1.807) is 11.9 Å². The Balaban J connectivity index is 0.00000289. The van der Waals surface area contributed by atoms with Crippen molar-refractivity contribution in [3.05, 3.63) is 52.6 Å². The van der Waals surface area contributed by atoms with Gasteiger partial charge in [0.15, 0.2) is 5.78 Å². The molecule has 2 saturated carbocycles. The number of nitrogens with zero attached hydrogens (tertiary/aromatic N) is 1. The topological polar surface area (TPSA) is 80.7 Å². The summed E-state index contributed by atoms with van der Waals surface area (Å²) in [7, 11) is 1.74. The zero-order valence-corrected chi connectivity index (χ0v) is 22.8. The number of hydrogen-bond acceptors (Lipinski definition) is 5. The van der Waals surface area contributed by atoms with E-state index in [9.17, 15) is 19.8 Å². The van der Waals surface area contributed by atoms with Gasteiger partial charge < -0.3 is 19.9 Å². The first kappa shape index (κ1) is 26.2. The summed E-state index contributed by atoms with van der Waals surface area (Å²) in [6, 6.07) is 8.13. The molecule has 0 amide bonds. The number of carbonyl (C=O) groups is 2. The van der Waals surface area contributed by atoms with E-state index in [1.807, 2.05) is 18.2 Å². The molecule has 5 rings (SSSR count). The first-order chi connectivity index (χ1) is 16.3. The summed E-state index contributed by atoms with van der Waals surface area (Å²) in [5, 5.41) is 22.5. The molecule has 0 aliphatic heterocycles. The van der Waals surface area contributed by atoms with E-state index in [4.69, 9.17) is 6.42 Å². The molecule has 35 heavy (non-hydrogen) atoms. The first-order valence-corrected chi connectivity index (χ1v) is 12.4. The Bertz CT molecular complexity index is 1110. The molecule has 4 unspecified atom stereocenters. The van der Waals surface area contributed by atoms with E-state index in [2.05, 4.69) is 18.1 Å². The summed E-state index contributed by atoms with van der Waals surface area (Å²) in [6.45, 7) is -0.161. The summed E-state index contributed by atoms with van der Waals surface area (Å²) < 4.78 is 0. The molecule has 0 saturated heterocycles. The summed E-state index contributed by atoms with van der Waals surface area (Å²) >= 11 is 0. The second-order valence-corrected chi connectivity index (χ2v) is 10.6. The van der Waals surface area contributed by atoms with Gasteiger partial charge >= 0.3 is 29.6 Å². The molecule has 1 aromatic carbocycles. The van der Waals surface area contributed by atoms with Gasteiger partial charge in [0.05, 0.1) is 18.1 Å². The molecule has 5 nitrogen and oxygen atoms in total. The maximum absolute atomic E-state index is 12.1. The average Bonchev–Trinajstić information content (AvgIpc) is 3.14. The number of ketones is 1. The molecule has 5 atom stereocenters. The van der Waals surface area contributed by atoms with Crippen molar-refractivity contribution in [3.8, 4) is 12.3 Å². The number of carboxylic acids is 1. The third kappa shape index (κ3) is 4.79. The van der Waals surface area contributed by atoms with Crippen LogP contribution in [0.3, 0.4) is 0 Å². The number of hydrogen-bond donors (Lipinski definition) is 1. The van der Waals surface area contributed by atoms with Gasteiger partial charge in [0.1, 0.15) is 0 Å². The number of anilines is 1. The molecule has 0 bridgehead atoms. The Morgan fingerprint density at radius 1 is 1.23 bits per heavy atom. The van der Waals surface area contributed by atoms with Crippen molar-refractivity contribution in [2.45, 2.75) is 62.9 Å². The Hall–Kier alpha value is -1.84. The number of carbonyl (C=O) groups excluding carboxylic acids is 2. The summed E-state index contributed by atoms with van der Waals surface area (Å²) in [5.41, 5.74) is 5.28. The van der Waals surface area contributed by atoms with E-state index in [-0.39, 0.29) is 53.7 Å². The van der Waals surface area contributed by atoms with Crippen LogP contribution < -0.4 is 39.6 Å². The Morgan fingerprint density at radius 2 is 1.97 bits per heavy atom. The second kappa shape index (κ2) is 10.3. The third-order valence-electron chi connectivity index (χ3n) is 8.83. The fourth-order valence-electron chi connectivity index (χ4n) is 7.34. The maximum atomic E-state index is 12.1. The monoisotopic (exact) mass is 481 g/mol. The molecule has 6 heteroatoms. The fourth-order valence-corrected chi connectivity index (χ4v) is 7.34. The Labute approximate surface area is 230 Å². The number of aliphatic carboxylic acids is 1. The Kier molecular flexibility index (Phi) is 7.69. The van der Waals surface area contributed by atoms with Crippen molar-refractivity contribution >= 4 is 17.4 Å². The van der Waals surface area contributed by atoms with Gasteiger partial charge in [-0.2, -0.15) is 0 Å². The largest absolute Gasteiger partial charge is 1.00 e. The van der Waals surface area contributed by atoms with Crippen LogP contribution in [0.2, 0.25) is 0 Å². The van der Waals surface area contributed by atoms with Crippen molar-refractivity contribution in [3.63, 3.8) is 0 Å². The molecule has 1 aromatic rings. The van der Waals surface area contributed by atoms with Crippen LogP contribution in [0, 0.1) is 30.1 Å². The number of likely N-dealkylation sites (N-methyl/N-ethyl adjacent to an activating group) is 1. The van der Waals surface area contributed by atoms with Crippen LogP contribution in [-0.4, -0.2) is 36.1 Å². The minimum Gasteiger partial charge on any atom is -0.548 e. The second-order valence-electron chi connectivity index (χ2n) is 10.6. The van der Waals surface area contributed by atoms with Crippen LogP contribution in [0.1, 0.15) is 62.8 Å². The molecule has 4 aliphatic rings. The fraction of sp³-hybridized carbons (Fsp3) is 0.517. The molecule has 0 radical (unpaired) electrons. The molecular weight excluding hydrogens is 449 g/mol. The predicted molar refractivity (Wildman–Crippen MR) is 129 cm³/mol. The van der Waals surface area contributed by atoms with E-state index >= 15 is 0 Å². The van der Waals surface area contributed by atoms with Gasteiger partial charge in [0, 0.05) is 31.5 Å². The minimum atomic E-state index is -1.11. The van der Waals surface area contributed by atoms with Crippen LogP contribution in [0.4, 0.5) is 5.69 Å². The summed E-state index contributed by atoms with van der Waals surface area (Å²) in [5.74, 6) is 3.03. The Morgan fingerprint density at radius 3 is 2.66 bits per heavy atom. The maximum Gasteiger partial charge on any atom is 1.00 e. The van der Waals surface area contributed by atoms with Crippen LogP contribution >= 0.6 is 0 Å². The van der Waals surface area contributed by atoms with Crippen molar-refractivity contribution < 1.29 is 49.4 Å². The van der Waals surface area contributed by atoms with Crippen molar-refractivity contribution in [2.24, 2.45) is 17.8 Å². The molecule has 2 fully saturated rings. The first-order valence-electron chi connectivity index (χ1n) is 12.4. The zero-order chi connectivity index (χ0) is 24.0. The molecule has 4 aliphatic carbocycles. The zero-order valence-electron chi connectivity index (χ0n) is 20.8. The normalized spacial score (nSPS) is 31.3. The summed E-state index contributed by atoms with van der Waals surface area (Å²) in [4.78, 5) is 24.8. The molecule has 1 N–H and O–H groups in total. The molecule has 0 aromatic heterocycles. The smallest absolute Gasteiger partial charge is 0.548 e. The van der Waals surface area contributed by atoms with Crippen molar-refractivity contribution in [2.75, 3.05) is 18.5 Å². The van der Waals surface area contributed by atoms with E-state index in [0.717, 1.165) is 44.2 Å². The van der Waals surface area contributed by atoms with Gasteiger partial charge in [0.2, 0.25) is 0 Å². The van der Waals surface area contributed by atoms with Gasteiger partial charge in [-0.15, -0.1) is 12.3 Å². The van der Waals surface area contributed by atoms with Crippen LogP contribution in [-0.2, 0) is 9.59 Å². The minimum absolute atomic E-state index is 0. The molecular formula is C29H32NNaO4. The SMILES string of the molecule is C#CC[C@]1(O)CCC2C3CCC4=CC(=O)CCC4=C3C(c3ccc(N(C)CC(=O)[O-])cc3)CC21.[Na+]. The van der Waals surface area contributed by atoms with Crippen molar-refractivity contribution in [1.82, 2.24) is 0 Å². The van der Waals surface area contributed by atoms with Crippen LogP contribution in [0.5, 0.6) is 0 Å². The molecule has 178 valence electrons. The standard InChI is InChI=1S/C29H33NO4.Na/c1-3-13-29(34)14-12-23-24-10-6-19-15-21(31)9-11-22(19)28(24)25(16-26(23)29)18-4-7-20(8-5-18)30(2)17-27(32)33;/h1,4-5,7-8,15,23-26,34H,6,9-14,16-17H2,2H3,(H,32,33);/q;+1/p-1/t23?,24?,25?,26?,29-;/m0./s1. The number of allylic oxidation sites excluding steroid dienone is 4. The average molecular weight is 482 g/mol. The van der Waals surface area contributed by atoms with E-state index in [0.29, 0.717) is 24.7 Å². The number of rotatable bonds is 5. The molecule has 0 spiro atoms.